The minimum absolute atomic E-state index is 0. The summed E-state index contributed by atoms with van der Waals surface area (Å²) in [5.41, 5.74) is 8.10. The Morgan fingerprint density at radius 2 is 1.11 bits per heavy atom. The van der Waals surface area contributed by atoms with Crippen molar-refractivity contribution in [3.63, 3.8) is 0 Å². The summed E-state index contributed by atoms with van der Waals surface area (Å²) < 4.78 is 4.21. The van der Waals surface area contributed by atoms with E-state index >= 15 is 0 Å². The Morgan fingerprint density at radius 1 is 0.605 bits per heavy atom. The average Bonchev–Trinajstić information content (AvgIpc) is 3.20. The summed E-state index contributed by atoms with van der Waals surface area (Å²) in [6.07, 6.45) is 0. The van der Waals surface area contributed by atoms with Gasteiger partial charge in [-0.3, -0.25) is 0 Å². The van der Waals surface area contributed by atoms with Gasteiger partial charge < -0.3 is 0 Å². The molecule has 1 unspecified atom stereocenters. The molecule has 0 saturated carbocycles. The van der Waals surface area contributed by atoms with Gasteiger partial charge in [0.15, 0.2) is 0 Å². The van der Waals surface area contributed by atoms with Crippen LogP contribution in [0.4, 0.5) is 0 Å². The second-order valence-electron chi connectivity index (χ2n) is 12.1. The van der Waals surface area contributed by atoms with Gasteiger partial charge in [0.05, 0.1) is 0 Å². The molecule has 0 saturated heterocycles. The Kier molecular flexibility index (Phi) is 9.75. The summed E-state index contributed by atoms with van der Waals surface area (Å²) in [4.78, 5) is 0. The second kappa shape index (κ2) is 11.9. The van der Waals surface area contributed by atoms with Crippen LogP contribution < -0.4 is 13.7 Å². The quantitative estimate of drug-likeness (QED) is 0.209. The summed E-state index contributed by atoms with van der Waals surface area (Å²) >= 11 is -1.46. The van der Waals surface area contributed by atoms with E-state index in [2.05, 4.69) is 148 Å². The SMILES string of the molecule is CC(C)(C)[NH][Hf][Si](c1ccccc1)(c1ccccc1)C1c2ccccc2-c2cccc(C(C)(C)C)c21.Cl.Cl. The molecular weight excluding hydrogens is 688 g/mol. The van der Waals surface area contributed by atoms with E-state index in [0.717, 1.165) is 0 Å². The molecule has 5 heteroatoms. The number of nitrogens with one attached hydrogen (secondary N) is 1. The molecule has 4 aromatic carbocycles. The largest absolute Gasteiger partial charge is 0.147 e. The van der Waals surface area contributed by atoms with Crippen molar-refractivity contribution < 1.29 is 22.4 Å². The van der Waals surface area contributed by atoms with Gasteiger partial charge in [0.2, 0.25) is 0 Å². The van der Waals surface area contributed by atoms with E-state index in [4.69, 9.17) is 0 Å². The molecule has 198 valence electrons. The van der Waals surface area contributed by atoms with Gasteiger partial charge >= 0.3 is 230 Å². The van der Waals surface area contributed by atoms with Gasteiger partial charge in [0, 0.05) is 0 Å². The maximum absolute atomic E-state index is 4.21. The van der Waals surface area contributed by atoms with Crippen LogP contribution in [0.25, 0.3) is 11.1 Å². The molecule has 0 spiro atoms. The van der Waals surface area contributed by atoms with Crippen LogP contribution >= 0.6 is 24.8 Å². The van der Waals surface area contributed by atoms with E-state index in [-0.39, 0.29) is 35.8 Å². The normalized spacial score (nSPS) is 14.5. The molecule has 0 amide bonds. The molecule has 0 bridgehead atoms. The van der Waals surface area contributed by atoms with E-state index < -0.39 is 27.6 Å². The van der Waals surface area contributed by atoms with Crippen molar-refractivity contribution in [1.82, 2.24) is 3.30 Å². The van der Waals surface area contributed by atoms with E-state index in [1.165, 1.54) is 22.3 Å². The summed E-state index contributed by atoms with van der Waals surface area (Å²) in [6.45, 7) is 14.2. The topological polar surface area (TPSA) is 12.0 Å². The summed E-state index contributed by atoms with van der Waals surface area (Å²) in [6, 6.07) is 39.5. The molecule has 0 fully saturated rings. The zero-order valence-electron chi connectivity index (χ0n) is 23.2. The van der Waals surface area contributed by atoms with Crippen LogP contribution in [0.5, 0.6) is 0 Å². The molecule has 1 aliphatic carbocycles. The third-order valence-corrected chi connectivity index (χ3v) is 29.4. The summed E-state index contributed by atoms with van der Waals surface area (Å²) in [5.74, 6) is 0. The first kappa shape index (κ1) is 31.0. The Morgan fingerprint density at radius 3 is 1.63 bits per heavy atom. The van der Waals surface area contributed by atoms with E-state index in [1.807, 2.05) is 0 Å². The van der Waals surface area contributed by atoms with Crippen molar-refractivity contribution in [2.45, 2.75) is 58.0 Å². The fourth-order valence-electron chi connectivity index (χ4n) is 5.77. The molecule has 5 rings (SSSR count). The molecular formula is C33H39Cl2HfNSi. The number of hydrogen-bond donors (Lipinski definition) is 1. The molecule has 0 aliphatic heterocycles. The van der Waals surface area contributed by atoms with Crippen molar-refractivity contribution in [2.75, 3.05) is 0 Å². The maximum atomic E-state index is 4.21. The van der Waals surface area contributed by atoms with Gasteiger partial charge in [-0.25, -0.2) is 0 Å². The van der Waals surface area contributed by atoms with Crippen LogP contribution in [0.15, 0.2) is 103 Å². The first-order valence-electron chi connectivity index (χ1n) is 13.0. The van der Waals surface area contributed by atoms with Gasteiger partial charge in [-0.05, 0) is 0 Å². The minimum Gasteiger partial charge on any atom is -0.147 e. The predicted octanol–water partition coefficient (Wildman–Crippen LogP) is 7.62. The van der Waals surface area contributed by atoms with Gasteiger partial charge in [-0.1, -0.05) is 0 Å². The first-order valence-corrected chi connectivity index (χ1v) is 22.3. The molecule has 0 heterocycles. The van der Waals surface area contributed by atoms with Gasteiger partial charge in [-0.2, -0.15) is 0 Å². The molecule has 38 heavy (non-hydrogen) atoms. The molecule has 0 radical (unpaired) electrons. The smallest absolute Gasteiger partial charge is 0.147 e. The predicted molar refractivity (Wildman–Crippen MR) is 168 cm³/mol. The van der Waals surface area contributed by atoms with Crippen molar-refractivity contribution in [3.8, 4) is 11.1 Å². The minimum atomic E-state index is -2.25. The van der Waals surface area contributed by atoms with Crippen LogP contribution in [0.1, 0.15) is 63.8 Å². The van der Waals surface area contributed by atoms with Crippen LogP contribution in [0, 0.1) is 0 Å². The first-order chi connectivity index (χ1) is 17.1. The maximum Gasteiger partial charge on any atom is -0.147 e. The molecule has 1 aliphatic rings. The Balaban J connectivity index is 0.00000200. The number of hydrogen-bond acceptors (Lipinski definition) is 1. The summed E-state index contributed by atoms with van der Waals surface area (Å²) in [7, 11) is 0. The van der Waals surface area contributed by atoms with Crippen LogP contribution in [-0.4, -0.2) is 10.8 Å². The van der Waals surface area contributed by atoms with Crippen LogP contribution in [-0.2, 0) is 27.8 Å². The monoisotopic (exact) mass is 727 g/mol. The number of fused-ring (bicyclic) bond motifs is 3. The number of benzene rings is 4. The molecule has 0 aromatic heterocycles. The van der Waals surface area contributed by atoms with Gasteiger partial charge in [-0.15, -0.1) is 24.8 Å². The Labute approximate surface area is 253 Å². The van der Waals surface area contributed by atoms with E-state index in [1.54, 1.807) is 15.9 Å². The summed E-state index contributed by atoms with van der Waals surface area (Å²) in [5, 5.41) is 0.899. The number of rotatable bonds is 5. The molecule has 1 N–H and O–H groups in total. The van der Waals surface area contributed by atoms with Crippen LogP contribution in [0.3, 0.4) is 0 Å². The van der Waals surface area contributed by atoms with Gasteiger partial charge in [0.1, 0.15) is 0 Å². The van der Waals surface area contributed by atoms with E-state index in [0.29, 0.717) is 5.54 Å². The zero-order chi connectivity index (χ0) is 25.6. The van der Waals surface area contributed by atoms with Crippen molar-refractivity contribution in [3.05, 3.63) is 120 Å². The van der Waals surface area contributed by atoms with Crippen LogP contribution in [0.2, 0.25) is 0 Å². The van der Waals surface area contributed by atoms with Crippen molar-refractivity contribution >= 4 is 40.4 Å². The fourth-order valence-corrected chi connectivity index (χ4v) is 28.3. The molecule has 1 nitrogen and oxygen atoms in total. The fraction of sp³-hybridized carbons (Fsp3) is 0.273. The Bertz CT molecular complexity index is 1320. The molecule has 1 atom stereocenters. The Hall–Kier alpha value is -1.49. The van der Waals surface area contributed by atoms with Crippen molar-refractivity contribution in [2.24, 2.45) is 0 Å². The standard InChI is InChI=1S/C29H27Si.C4H10N.2ClH.Hf/c1-29(2,3)26-20-12-19-24-23-17-10-11-18-25(23)28(27(24)26)30(21-13-6-4-7-14-21)22-15-8-5-9-16-22;1-4(2,3)5;;;/h4-20,28H,1-3H3;5H,1-3H3;2*1H;/q;-1;;;+1. The third-order valence-electron chi connectivity index (χ3n) is 7.29. The van der Waals surface area contributed by atoms with Crippen molar-refractivity contribution in [1.29, 1.82) is 0 Å². The van der Waals surface area contributed by atoms with Gasteiger partial charge in [0.25, 0.3) is 0 Å². The van der Waals surface area contributed by atoms with E-state index in [9.17, 15) is 0 Å². The average molecular weight is 727 g/mol. The third kappa shape index (κ3) is 5.69. The number of halogens is 2. The zero-order valence-corrected chi connectivity index (χ0v) is 29.4. The second-order valence-corrected chi connectivity index (χ2v) is 27.8. The molecule has 4 aromatic rings.